The lowest BCUT2D eigenvalue weighted by atomic mass is 9.81. The van der Waals surface area contributed by atoms with Gasteiger partial charge in [-0.2, -0.15) is 0 Å². The molecule has 0 spiro atoms. The molecule has 2 N–H and O–H groups in total. The predicted octanol–water partition coefficient (Wildman–Crippen LogP) is 2.77. The molecular weight excluding hydrogens is 236 g/mol. The second kappa shape index (κ2) is 5.64. The average molecular weight is 260 g/mol. The van der Waals surface area contributed by atoms with Gasteiger partial charge in [-0.1, -0.05) is 32.0 Å². The van der Waals surface area contributed by atoms with Crippen molar-refractivity contribution in [3.8, 4) is 0 Å². The van der Waals surface area contributed by atoms with Crippen molar-refractivity contribution in [2.24, 2.45) is 0 Å². The van der Waals surface area contributed by atoms with Crippen LogP contribution in [0.3, 0.4) is 0 Å². The third-order valence-electron chi connectivity index (χ3n) is 4.05. The monoisotopic (exact) mass is 260 g/mol. The first-order valence-corrected chi connectivity index (χ1v) is 7.11. The topological polar surface area (TPSA) is 41.1 Å². The Morgan fingerprint density at radius 2 is 1.89 bits per heavy atom. The molecule has 1 aliphatic rings. The lowest BCUT2D eigenvalue weighted by Gasteiger charge is -2.27. The van der Waals surface area contributed by atoms with Crippen LogP contribution in [0.4, 0.5) is 4.79 Å². The van der Waals surface area contributed by atoms with E-state index in [4.69, 9.17) is 0 Å². The summed E-state index contributed by atoms with van der Waals surface area (Å²) in [5.74, 6) is 0. The summed E-state index contributed by atoms with van der Waals surface area (Å²) in [5.41, 5.74) is 4.27. The van der Waals surface area contributed by atoms with Crippen molar-refractivity contribution in [3.63, 3.8) is 0 Å². The predicted molar refractivity (Wildman–Crippen MR) is 78.6 cm³/mol. The number of nitrogens with one attached hydrogen (secondary N) is 2. The SMILES string of the molecule is CNC(=O)NCC(C)(C)c1ccc2c(c1)CCCC2. The minimum absolute atomic E-state index is 0.0427. The smallest absolute Gasteiger partial charge is 0.314 e. The lowest BCUT2D eigenvalue weighted by Crippen LogP contribution is -2.41. The van der Waals surface area contributed by atoms with Crippen LogP contribution in [-0.4, -0.2) is 19.6 Å². The standard InChI is InChI=1S/C16H24N2O/c1-16(2,11-18-15(19)17-3)14-9-8-12-6-4-5-7-13(12)10-14/h8-10H,4-7,11H2,1-3H3,(H2,17,18,19). The van der Waals surface area contributed by atoms with Gasteiger partial charge in [0.15, 0.2) is 0 Å². The molecule has 2 amide bonds. The van der Waals surface area contributed by atoms with E-state index >= 15 is 0 Å². The van der Waals surface area contributed by atoms with E-state index in [-0.39, 0.29) is 11.4 Å². The highest BCUT2D eigenvalue weighted by atomic mass is 16.2. The summed E-state index contributed by atoms with van der Waals surface area (Å²) in [7, 11) is 1.64. The van der Waals surface area contributed by atoms with E-state index in [1.54, 1.807) is 7.05 Å². The fourth-order valence-electron chi connectivity index (χ4n) is 2.65. The van der Waals surface area contributed by atoms with Crippen LogP contribution in [0.2, 0.25) is 0 Å². The Morgan fingerprint density at radius 1 is 1.21 bits per heavy atom. The molecule has 0 bridgehead atoms. The molecule has 19 heavy (non-hydrogen) atoms. The molecule has 0 fully saturated rings. The van der Waals surface area contributed by atoms with Crippen molar-refractivity contribution >= 4 is 6.03 Å². The van der Waals surface area contributed by atoms with Gasteiger partial charge in [-0.3, -0.25) is 0 Å². The molecule has 1 aliphatic carbocycles. The van der Waals surface area contributed by atoms with Crippen molar-refractivity contribution < 1.29 is 4.79 Å². The Morgan fingerprint density at radius 3 is 2.58 bits per heavy atom. The second-order valence-electron chi connectivity index (χ2n) is 6.01. The van der Waals surface area contributed by atoms with Crippen molar-refractivity contribution in [2.75, 3.05) is 13.6 Å². The molecule has 1 aromatic carbocycles. The minimum Gasteiger partial charge on any atom is -0.341 e. The summed E-state index contributed by atoms with van der Waals surface area (Å²) in [5, 5.41) is 5.49. The van der Waals surface area contributed by atoms with Crippen LogP contribution in [0.25, 0.3) is 0 Å². The summed E-state index contributed by atoms with van der Waals surface area (Å²) in [6.45, 7) is 4.99. The molecule has 1 aromatic rings. The molecule has 3 heteroatoms. The highest BCUT2D eigenvalue weighted by Gasteiger charge is 2.22. The van der Waals surface area contributed by atoms with Gasteiger partial charge in [0.2, 0.25) is 0 Å². The van der Waals surface area contributed by atoms with Crippen LogP contribution in [0.5, 0.6) is 0 Å². The summed E-state index contributed by atoms with van der Waals surface area (Å²) in [4.78, 5) is 11.3. The molecule has 0 saturated heterocycles. The van der Waals surface area contributed by atoms with Crippen molar-refractivity contribution in [2.45, 2.75) is 44.9 Å². The maximum absolute atomic E-state index is 11.3. The first kappa shape index (κ1) is 13.9. The third kappa shape index (κ3) is 3.28. The number of hydrogen-bond donors (Lipinski definition) is 2. The minimum atomic E-state index is -0.119. The average Bonchev–Trinajstić information content (AvgIpc) is 2.44. The van der Waals surface area contributed by atoms with Gasteiger partial charge < -0.3 is 10.6 Å². The number of amides is 2. The maximum atomic E-state index is 11.3. The molecule has 0 heterocycles. The van der Waals surface area contributed by atoms with Gasteiger partial charge in [0.1, 0.15) is 0 Å². The van der Waals surface area contributed by atoms with E-state index in [2.05, 4.69) is 42.7 Å². The number of carbonyl (C=O) groups is 1. The van der Waals surface area contributed by atoms with Gasteiger partial charge in [0, 0.05) is 19.0 Å². The number of rotatable bonds is 3. The molecule has 0 radical (unpaired) electrons. The Hall–Kier alpha value is -1.51. The summed E-state index contributed by atoms with van der Waals surface area (Å²) in [6, 6.07) is 6.70. The van der Waals surface area contributed by atoms with E-state index in [1.165, 1.54) is 42.4 Å². The van der Waals surface area contributed by atoms with Gasteiger partial charge in [0.25, 0.3) is 0 Å². The zero-order valence-electron chi connectivity index (χ0n) is 12.2. The molecule has 104 valence electrons. The molecular formula is C16H24N2O. The highest BCUT2D eigenvalue weighted by molar-refractivity contribution is 5.73. The normalized spacial score (nSPS) is 14.7. The lowest BCUT2D eigenvalue weighted by molar-refractivity contribution is 0.240. The van der Waals surface area contributed by atoms with Crippen molar-refractivity contribution in [3.05, 3.63) is 34.9 Å². The Bertz CT molecular complexity index is 466. The Labute approximate surface area is 115 Å². The zero-order chi connectivity index (χ0) is 13.9. The van der Waals surface area contributed by atoms with Crippen molar-refractivity contribution in [1.29, 1.82) is 0 Å². The van der Waals surface area contributed by atoms with Crippen LogP contribution >= 0.6 is 0 Å². The first-order valence-electron chi connectivity index (χ1n) is 7.11. The molecule has 0 aromatic heterocycles. The molecule has 0 saturated carbocycles. The van der Waals surface area contributed by atoms with Gasteiger partial charge in [-0.15, -0.1) is 0 Å². The molecule has 0 unspecified atom stereocenters. The molecule has 3 nitrogen and oxygen atoms in total. The number of urea groups is 1. The van der Waals surface area contributed by atoms with Crippen LogP contribution in [0.15, 0.2) is 18.2 Å². The number of benzene rings is 1. The highest BCUT2D eigenvalue weighted by Crippen LogP contribution is 2.28. The fraction of sp³-hybridized carbons (Fsp3) is 0.562. The quantitative estimate of drug-likeness (QED) is 0.862. The van der Waals surface area contributed by atoms with E-state index in [9.17, 15) is 4.79 Å². The largest absolute Gasteiger partial charge is 0.341 e. The third-order valence-corrected chi connectivity index (χ3v) is 4.05. The van der Waals surface area contributed by atoms with Gasteiger partial charge in [0.05, 0.1) is 0 Å². The maximum Gasteiger partial charge on any atom is 0.314 e. The van der Waals surface area contributed by atoms with E-state index < -0.39 is 0 Å². The molecule has 0 atom stereocenters. The van der Waals surface area contributed by atoms with Crippen molar-refractivity contribution in [1.82, 2.24) is 10.6 Å². The van der Waals surface area contributed by atoms with E-state index in [0.717, 1.165) is 0 Å². The number of aryl methyl sites for hydroxylation is 2. The van der Waals surface area contributed by atoms with Gasteiger partial charge >= 0.3 is 6.03 Å². The molecule has 0 aliphatic heterocycles. The number of fused-ring (bicyclic) bond motifs is 1. The molecule has 2 rings (SSSR count). The first-order chi connectivity index (χ1) is 9.03. The van der Waals surface area contributed by atoms with Crippen LogP contribution in [0.1, 0.15) is 43.4 Å². The van der Waals surface area contributed by atoms with Crippen LogP contribution in [0, 0.1) is 0 Å². The van der Waals surface area contributed by atoms with Crippen LogP contribution in [-0.2, 0) is 18.3 Å². The Balaban J connectivity index is 2.13. The number of carbonyl (C=O) groups excluding carboxylic acids is 1. The second-order valence-corrected chi connectivity index (χ2v) is 6.01. The summed E-state index contributed by atoms with van der Waals surface area (Å²) in [6.07, 6.45) is 5.02. The van der Waals surface area contributed by atoms with Crippen LogP contribution < -0.4 is 10.6 Å². The Kier molecular flexibility index (Phi) is 4.13. The zero-order valence-corrected chi connectivity index (χ0v) is 12.2. The fourth-order valence-corrected chi connectivity index (χ4v) is 2.65. The van der Waals surface area contributed by atoms with Gasteiger partial charge in [-0.05, 0) is 42.4 Å². The number of hydrogen-bond acceptors (Lipinski definition) is 1. The summed E-state index contributed by atoms with van der Waals surface area (Å²) < 4.78 is 0. The van der Waals surface area contributed by atoms with E-state index in [1.807, 2.05) is 0 Å². The van der Waals surface area contributed by atoms with E-state index in [0.29, 0.717) is 6.54 Å². The van der Waals surface area contributed by atoms with Gasteiger partial charge in [-0.25, -0.2) is 4.79 Å². The summed E-state index contributed by atoms with van der Waals surface area (Å²) >= 11 is 0.